The normalized spacial score (nSPS) is 22.6. The number of hydrogen-bond acceptors (Lipinski definition) is 5. The molecule has 3 atom stereocenters. The van der Waals surface area contributed by atoms with Gasteiger partial charge in [0, 0.05) is 24.3 Å². The van der Waals surface area contributed by atoms with Crippen molar-refractivity contribution in [2.24, 2.45) is 11.8 Å². The molecule has 3 aromatic rings. The highest BCUT2D eigenvalue weighted by molar-refractivity contribution is 5.71. The predicted octanol–water partition coefficient (Wildman–Crippen LogP) is 7.56. The van der Waals surface area contributed by atoms with Crippen LogP contribution in [0.3, 0.4) is 0 Å². The molecular weight excluding hydrogens is 524 g/mol. The van der Waals surface area contributed by atoms with E-state index in [1.54, 1.807) is 7.11 Å². The molecule has 220 valence electrons. The van der Waals surface area contributed by atoms with Gasteiger partial charge in [-0.05, 0) is 115 Å². The third kappa shape index (κ3) is 5.30. The van der Waals surface area contributed by atoms with Crippen molar-refractivity contribution in [2.75, 3.05) is 13.7 Å². The molecular formula is C36H42N2O4. The van der Waals surface area contributed by atoms with Crippen molar-refractivity contribution in [3.05, 3.63) is 77.0 Å². The summed E-state index contributed by atoms with van der Waals surface area (Å²) in [7, 11) is 1.67. The van der Waals surface area contributed by atoms with Gasteiger partial charge in [-0.2, -0.15) is 0 Å². The predicted molar refractivity (Wildman–Crippen MR) is 163 cm³/mol. The van der Waals surface area contributed by atoms with Gasteiger partial charge in [-0.3, -0.25) is 9.69 Å². The van der Waals surface area contributed by atoms with Crippen LogP contribution in [0.1, 0.15) is 92.6 Å². The van der Waals surface area contributed by atoms with Crippen LogP contribution in [-0.4, -0.2) is 40.2 Å². The van der Waals surface area contributed by atoms with E-state index in [0.29, 0.717) is 17.3 Å². The van der Waals surface area contributed by atoms with Gasteiger partial charge in [0.05, 0.1) is 13.0 Å². The van der Waals surface area contributed by atoms with Crippen molar-refractivity contribution in [1.82, 2.24) is 9.88 Å². The first-order chi connectivity index (χ1) is 20.4. The van der Waals surface area contributed by atoms with Gasteiger partial charge in [-0.25, -0.2) is 4.98 Å². The van der Waals surface area contributed by atoms with Crippen molar-refractivity contribution < 1.29 is 19.4 Å². The molecule has 1 spiro atoms. The monoisotopic (exact) mass is 566 g/mol. The van der Waals surface area contributed by atoms with Crippen molar-refractivity contribution >= 4 is 5.97 Å². The lowest BCUT2D eigenvalue weighted by Gasteiger charge is -2.37. The number of aromatic nitrogens is 1. The molecule has 0 radical (unpaired) electrons. The quantitative estimate of drug-likeness (QED) is 0.288. The number of piperidine rings is 1. The number of pyridine rings is 1. The Labute approximate surface area is 249 Å². The maximum Gasteiger partial charge on any atom is 0.306 e. The summed E-state index contributed by atoms with van der Waals surface area (Å²) >= 11 is 0. The Morgan fingerprint density at radius 1 is 1.10 bits per heavy atom. The number of aliphatic carboxylic acids is 1. The number of nitrogens with zero attached hydrogens (tertiary/aromatic N) is 2. The highest BCUT2D eigenvalue weighted by Crippen LogP contribution is 2.50. The molecule has 2 aromatic carbocycles. The summed E-state index contributed by atoms with van der Waals surface area (Å²) in [5, 5.41) is 9.79. The summed E-state index contributed by atoms with van der Waals surface area (Å²) in [6, 6.07) is 17.4. The van der Waals surface area contributed by atoms with Gasteiger partial charge in [0.25, 0.3) is 0 Å². The van der Waals surface area contributed by atoms with Crippen molar-refractivity contribution in [3.8, 4) is 22.8 Å². The minimum Gasteiger partial charge on any atom is -0.485 e. The van der Waals surface area contributed by atoms with E-state index in [0.717, 1.165) is 55.6 Å². The fourth-order valence-corrected chi connectivity index (χ4v) is 7.64. The third-order valence-electron chi connectivity index (χ3n) is 10.4. The van der Waals surface area contributed by atoms with Crippen LogP contribution in [0.25, 0.3) is 11.1 Å². The summed E-state index contributed by atoms with van der Waals surface area (Å²) < 4.78 is 12.2. The molecule has 7 rings (SSSR count). The smallest absolute Gasteiger partial charge is 0.306 e. The Hall–Kier alpha value is -3.38. The number of benzene rings is 2. The highest BCUT2D eigenvalue weighted by Gasteiger charge is 2.48. The minimum absolute atomic E-state index is 0.0277. The molecule has 0 bridgehead atoms. The van der Waals surface area contributed by atoms with E-state index in [2.05, 4.69) is 52.3 Å². The Kier molecular flexibility index (Phi) is 7.21. The first kappa shape index (κ1) is 27.5. The van der Waals surface area contributed by atoms with Crippen LogP contribution in [0.2, 0.25) is 0 Å². The average Bonchev–Trinajstić information content (AvgIpc) is 3.96. The van der Waals surface area contributed by atoms with Gasteiger partial charge in [0.15, 0.2) is 0 Å². The summed E-state index contributed by atoms with van der Waals surface area (Å²) in [5.41, 5.74) is 7.64. The molecule has 1 aromatic heterocycles. The van der Waals surface area contributed by atoms with Crippen LogP contribution in [0.5, 0.6) is 11.6 Å². The molecule has 2 aliphatic heterocycles. The zero-order chi connectivity index (χ0) is 28.8. The van der Waals surface area contributed by atoms with Crippen molar-refractivity contribution in [3.63, 3.8) is 0 Å². The first-order valence-electron chi connectivity index (χ1n) is 15.8. The Bertz CT molecular complexity index is 1480. The summed E-state index contributed by atoms with van der Waals surface area (Å²) in [5.74, 6) is 0.929. The molecule has 3 fully saturated rings. The number of hydrogen-bond donors (Lipinski definition) is 1. The second-order valence-corrected chi connectivity index (χ2v) is 13.1. The third-order valence-corrected chi connectivity index (χ3v) is 10.4. The van der Waals surface area contributed by atoms with Crippen LogP contribution in [0.4, 0.5) is 0 Å². The van der Waals surface area contributed by atoms with Gasteiger partial charge in [-0.15, -0.1) is 0 Å². The van der Waals surface area contributed by atoms with Crippen LogP contribution >= 0.6 is 0 Å². The topological polar surface area (TPSA) is 71.9 Å². The highest BCUT2D eigenvalue weighted by atomic mass is 16.5. The molecule has 4 aliphatic rings. The summed E-state index contributed by atoms with van der Waals surface area (Å²) in [6.07, 6.45) is 12.5. The molecule has 6 heteroatoms. The van der Waals surface area contributed by atoms with E-state index in [4.69, 9.17) is 9.47 Å². The van der Waals surface area contributed by atoms with Crippen molar-refractivity contribution in [1.29, 1.82) is 0 Å². The van der Waals surface area contributed by atoms with E-state index >= 15 is 0 Å². The Morgan fingerprint density at radius 2 is 1.95 bits per heavy atom. The van der Waals surface area contributed by atoms with Gasteiger partial charge >= 0.3 is 5.97 Å². The summed E-state index contributed by atoms with van der Waals surface area (Å²) in [6.45, 7) is 3.96. The lowest BCUT2D eigenvalue weighted by Crippen LogP contribution is -2.40. The minimum atomic E-state index is -0.718. The largest absolute Gasteiger partial charge is 0.485 e. The lowest BCUT2D eigenvalue weighted by atomic mass is 9.82. The zero-order valence-electron chi connectivity index (χ0n) is 24.9. The maximum absolute atomic E-state index is 11.9. The fourth-order valence-electron chi connectivity index (χ4n) is 7.64. The van der Waals surface area contributed by atoms with Crippen LogP contribution in [0.15, 0.2) is 54.7 Å². The van der Waals surface area contributed by atoms with E-state index in [1.807, 2.05) is 19.2 Å². The molecule has 0 amide bonds. The number of ether oxygens (including phenoxy) is 2. The molecule has 6 nitrogen and oxygen atoms in total. The molecule has 1 N–H and O–H groups in total. The molecule has 0 unspecified atom stereocenters. The van der Waals surface area contributed by atoms with Gasteiger partial charge in [-0.1, -0.05) is 43.7 Å². The Balaban J connectivity index is 1.20. The molecule has 3 heterocycles. The number of carboxylic acid groups (broad SMARTS) is 1. The van der Waals surface area contributed by atoms with E-state index in [9.17, 15) is 9.90 Å². The van der Waals surface area contributed by atoms with Gasteiger partial charge < -0.3 is 14.6 Å². The number of carbonyl (C=O) groups is 1. The second kappa shape index (κ2) is 11.0. The number of carboxylic acids is 1. The van der Waals surface area contributed by atoms with Crippen LogP contribution < -0.4 is 9.47 Å². The van der Waals surface area contributed by atoms with Gasteiger partial charge in [0.1, 0.15) is 11.9 Å². The van der Waals surface area contributed by atoms with E-state index in [-0.39, 0.29) is 12.0 Å². The van der Waals surface area contributed by atoms with Gasteiger partial charge in [0.2, 0.25) is 5.88 Å². The molecule has 2 saturated carbocycles. The number of methoxy groups -OCH3 is 1. The van der Waals surface area contributed by atoms with Crippen LogP contribution in [0, 0.1) is 11.8 Å². The number of likely N-dealkylation sites (tertiary alicyclic amines) is 1. The number of fused-ring (bicyclic) bond motifs is 1. The fraction of sp³-hybridized carbons (Fsp3) is 0.500. The Morgan fingerprint density at radius 3 is 2.71 bits per heavy atom. The SMILES string of the molecule is COc1cc(-c2ccc([C@H]3CCc4ccc([C@H](C5CC5)[C@H](C)C(=O)O)cc4O3)cc2CN2CCCCC23CC3)ccn1. The number of rotatable bonds is 9. The molecule has 42 heavy (non-hydrogen) atoms. The first-order valence-corrected chi connectivity index (χ1v) is 15.8. The van der Waals surface area contributed by atoms with Crippen molar-refractivity contribution in [2.45, 2.75) is 88.8 Å². The molecule has 1 saturated heterocycles. The van der Waals surface area contributed by atoms with Crippen LogP contribution in [-0.2, 0) is 17.8 Å². The second-order valence-electron chi connectivity index (χ2n) is 13.1. The number of aryl methyl sites for hydroxylation is 1. The lowest BCUT2D eigenvalue weighted by molar-refractivity contribution is -0.142. The standard InChI is InChI=1S/C36H42N2O4/c1-23(35(39)40)34(25-6-7-25)28-8-5-24-10-12-31(42-32(24)20-28)27-9-11-30(26-13-17-37-33(21-26)41-2)29(19-27)22-38-18-4-3-14-36(38)15-16-36/h5,8-9,11,13,17,19-21,23,25,31,34H,3-4,6-7,10,12,14-16,18,22H2,1-2H3,(H,39,40)/t23-,31+,34-/m0/s1. The van der Waals surface area contributed by atoms with E-state index in [1.165, 1.54) is 54.4 Å². The van der Waals surface area contributed by atoms with E-state index < -0.39 is 11.9 Å². The average molecular weight is 567 g/mol. The zero-order valence-corrected chi connectivity index (χ0v) is 24.9. The summed E-state index contributed by atoms with van der Waals surface area (Å²) in [4.78, 5) is 19.0. The molecule has 2 aliphatic carbocycles. The maximum atomic E-state index is 11.9.